The first kappa shape index (κ1) is 10.3. The Morgan fingerprint density at radius 2 is 2.31 bits per heavy atom. The van der Waals surface area contributed by atoms with E-state index in [1.54, 1.807) is 6.92 Å². The van der Waals surface area contributed by atoms with E-state index >= 15 is 0 Å². The van der Waals surface area contributed by atoms with Gasteiger partial charge in [-0.2, -0.15) is 0 Å². The third kappa shape index (κ3) is 2.58. The first-order chi connectivity index (χ1) is 6.15. The maximum atomic E-state index is 8.94. The summed E-state index contributed by atoms with van der Waals surface area (Å²) in [6.07, 6.45) is 1.36. The molecule has 0 atom stereocenters. The molecule has 0 aliphatic heterocycles. The van der Waals surface area contributed by atoms with E-state index in [4.69, 9.17) is 26.4 Å². The highest BCUT2D eigenvalue weighted by Crippen LogP contribution is 2.10. The second-order valence-corrected chi connectivity index (χ2v) is 2.74. The molecule has 0 unspecified atom stereocenters. The molecule has 0 amide bonds. The van der Waals surface area contributed by atoms with Gasteiger partial charge in [-0.15, -0.1) is 0 Å². The van der Waals surface area contributed by atoms with Gasteiger partial charge in [0.1, 0.15) is 10.9 Å². The molecule has 0 aliphatic carbocycles. The summed E-state index contributed by atoms with van der Waals surface area (Å²) in [5.74, 6) is 0.335. The van der Waals surface area contributed by atoms with Gasteiger partial charge in [-0.25, -0.2) is 4.98 Å². The average molecular weight is 201 g/mol. The summed E-state index contributed by atoms with van der Waals surface area (Å²) in [6.45, 7) is 2.23. The van der Waals surface area contributed by atoms with Crippen LogP contribution in [0.4, 0.5) is 0 Å². The average Bonchev–Trinajstić information content (AvgIpc) is 2.08. The molecule has 0 radical (unpaired) electrons. The normalized spacial score (nSPS) is 9.85. The van der Waals surface area contributed by atoms with Crippen molar-refractivity contribution in [2.24, 2.45) is 0 Å². The van der Waals surface area contributed by atoms with Gasteiger partial charge in [0.25, 0.3) is 0 Å². The molecule has 0 fully saturated rings. The van der Waals surface area contributed by atoms with Gasteiger partial charge in [0.05, 0.1) is 12.8 Å². The number of halogens is 1. The lowest BCUT2D eigenvalue weighted by Gasteiger charge is -2.08. The third-order valence-electron chi connectivity index (χ3n) is 1.44. The molecule has 1 heterocycles. The maximum Gasteiger partial charge on any atom is 0.492 e. The summed E-state index contributed by atoms with van der Waals surface area (Å²) in [5, 5.41) is 18.1. The van der Waals surface area contributed by atoms with E-state index in [0.29, 0.717) is 12.4 Å². The molecule has 1 rings (SSSR count). The lowest BCUT2D eigenvalue weighted by molar-refractivity contribution is 0.338. The van der Waals surface area contributed by atoms with E-state index in [1.807, 2.05) is 0 Å². The molecule has 1 aromatic rings. The van der Waals surface area contributed by atoms with Gasteiger partial charge in [0, 0.05) is 5.46 Å². The quantitative estimate of drug-likeness (QED) is 0.526. The minimum absolute atomic E-state index is 0.201. The van der Waals surface area contributed by atoms with E-state index in [-0.39, 0.29) is 10.6 Å². The molecular formula is C7H9BClNO3. The molecular weight excluding hydrogens is 192 g/mol. The van der Waals surface area contributed by atoms with Crippen LogP contribution in [-0.4, -0.2) is 28.8 Å². The Morgan fingerprint density at radius 3 is 2.85 bits per heavy atom. The van der Waals surface area contributed by atoms with Crippen LogP contribution in [-0.2, 0) is 0 Å². The van der Waals surface area contributed by atoms with Gasteiger partial charge in [-0.05, 0) is 13.0 Å². The van der Waals surface area contributed by atoms with Crippen molar-refractivity contribution in [1.29, 1.82) is 0 Å². The molecule has 0 aliphatic rings. The fraction of sp³-hybridized carbons (Fsp3) is 0.286. The molecule has 0 saturated heterocycles. The topological polar surface area (TPSA) is 62.6 Å². The summed E-state index contributed by atoms with van der Waals surface area (Å²) < 4.78 is 5.11. The Labute approximate surface area is 81.3 Å². The molecule has 4 nitrogen and oxygen atoms in total. The van der Waals surface area contributed by atoms with Crippen molar-refractivity contribution in [1.82, 2.24) is 4.98 Å². The zero-order valence-corrected chi connectivity index (χ0v) is 7.82. The minimum Gasteiger partial charge on any atom is -0.493 e. The van der Waals surface area contributed by atoms with Gasteiger partial charge >= 0.3 is 7.12 Å². The number of pyridine rings is 1. The van der Waals surface area contributed by atoms with Crippen LogP contribution in [0.25, 0.3) is 0 Å². The van der Waals surface area contributed by atoms with Crippen LogP contribution in [0.3, 0.4) is 0 Å². The van der Waals surface area contributed by atoms with Crippen LogP contribution < -0.4 is 10.2 Å². The van der Waals surface area contributed by atoms with Gasteiger partial charge in [-0.1, -0.05) is 11.6 Å². The number of hydrogen-bond donors (Lipinski definition) is 2. The Kier molecular flexibility index (Phi) is 3.53. The second-order valence-electron chi connectivity index (χ2n) is 2.35. The van der Waals surface area contributed by atoms with Crippen LogP contribution in [0.2, 0.25) is 5.15 Å². The zero-order chi connectivity index (χ0) is 9.84. The highest BCUT2D eigenvalue weighted by atomic mass is 35.5. The number of ether oxygens (including phenoxy) is 1. The van der Waals surface area contributed by atoms with Gasteiger partial charge in [0.15, 0.2) is 0 Å². The molecule has 2 N–H and O–H groups in total. The Morgan fingerprint density at radius 1 is 1.62 bits per heavy atom. The third-order valence-corrected chi connectivity index (χ3v) is 1.65. The molecule has 13 heavy (non-hydrogen) atoms. The number of aromatic nitrogens is 1. The van der Waals surface area contributed by atoms with Crippen molar-refractivity contribution in [3.05, 3.63) is 17.4 Å². The molecule has 0 spiro atoms. The standard InChI is InChI=1S/C7H9BClNO3/c1-2-13-6-4-10-7(9)3-5(6)8(11)12/h3-4,11-12H,2H2,1H3. The molecule has 6 heteroatoms. The van der Waals surface area contributed by atoms with Crippen molar-refractivity contribution in [2.45, 2.75) is 6.92 Å². The predicted octanol–water partition coefficient (Wildman–Crippen LogP) is -0.187. The minimum atomic E-state index is -1.60. The van der Waals surface area contributed by atoms with Gasteiger partial charge in [-0.3, -0.25) is 0 Å². The molecule has 1 aromatic heterocycles. The number of hydrogen-bond acceptors (Lipinski definition) is 4. The first-order valence-corrected chi connectivity index (χ1v) is 4.17. The van der Waals surface area contributed by atoms with Gasteiger partial charge in [0.2, 0.25) is 0 Å². The lowest BCUT2D eigenvalue weighted by Crippen LogP contribution is -2.31. The monoisotopic (exact) mass is 201 g/mol. The van der Waals surface area contributed by atoms with Gasteiger partial charge < -0.3 is 14.8 Å². The first-order valence-electron chi connectivity index (χ1n) is 3.79. The summed E-state index contributed by atoms with van der Waals surface area (Å²) >= 11 is 5.57. The fourth-order valence-electron chi connectivity index (χ4n) is 0.909. The number of rotatable bonds is 3. The Hall–Kier alpha value is -0.775. The van der Waals surface area contributed by atoms with Crippen LogP contribution in [0.5, 0.6) is 5.75 Å². The number of nitrogens with zero attached hydrogens (tertiary/aromatic N) is 1. The Balaban J connectivity index is 3.03. The fourth-order valence-corrected chi connectivity index (χ4v) is 1.08. The van der Waals surface area contributed by atoms with E-state index < -0.39 is 7.12 Å². The maximum absolute atomic E-state index is 8.94. The van der Waals surface area contributed by atoms with Crippen LogP contribution in [0.15, 0.2) is 12.3 Å². The summed E-state index contributed by atoms with van der Waals surface area (Å²) in [5.41, 5.74) is 0.224. The molecule has 0 saturated carbocycles. The Bertz CT molecular complexity index is 295. The van der Waals surface area contributed by atoms with Crippen molar-refractivity contribution in [3.63, 3.8) is 0 Å². The van der Waals surface area contributed by atoms with Crippen LogP contribution in [0, 0.1) is 0 Å². The van der Waals surface area contributed by atoms with Crippen molar-refractivity contribution >= 4 is 24.2 Å². The zero-order valence-electron chi connectivity index (χ0n) is 7.07. The second kappa shape index (κ2) is 4.46. The van der Waals surface area contributed by atoms with E-state index in [2.05, 4.69) is 4.98 Å². The summed E-state index contributed by atoms with van der Waals surface area (Å²) in [4.78, 5) is 3.76. The largest absolute Gasteiger partial charge is 0.493 e. The highest BCUT2D eigenvalue weighted by Gasteiger charge is 2.17. The highest BCUT2D eigenvalue weighted by molar-refractivity contribution is 6.60. The summed E-state index contributed by atoms with van der Waals surface area (Å²) in [6, 6.07) is 1.36. The SMILES string of the molecule is CCOc1cnc(Cl)cc1B(O)O. The van der Waals surface area contributed by atoms with Crippen molar-refractivity contribution < 1.29 is 14.8 Å². The molecule has 70 valence electrons. The van der Waals surface area contributed by atoms with E-state index in [9.17, 15) is 0 Å². The van der Waals surface area contributed by atoms with Crippen LogP contribution in [0.1, 0.15) is 6.92 Å². The van der Waals surface area contributed by atoms with E-state index in [0.717, 1.165) is 0 Å². The molecule has 0 aromatic carbocycles. The van der Waals surface area contributed by atoms with Crippen molar-refractivity contribution in [2.75, 3.05) is 6.61 Å². The van der Waals surface area contributed by atoms with Crippen LogP contribution >= 0.6 is 11.6 Å². The lowest BCUT2D eigenvalue weighted by atomic mass is 9.80. The smallest absolute Gasteiger partial charge is 0.492 e. The predicted molar refractivity (Wildman–Crippen MR) is 50.2 cm³/mol. The molecule has 0 bridgehead atoms. The van der Waals surface area contributed by atoms with E-state index in [1.165, 1.54) is 12.3 Å². The van der Waals surface area contributed by atoms with Crippen molar-refractivity contribution in [3.8, 4) is 5.75 Å². The summed E-state index contributed by atoms with van der Waals surface area (Å²) in [7, 11) is -1.60.